The number of carbonyl (C=O) groups excluding carboxylic acids is 1. The number of anilines is 2. The molecule has 1 heterocycles. The number of nitrogens with zero attached hydrogens (tertiary/aromatic N) is 1. The van der Waals surface area contributed by atoms with E-state index in [1.54, 1.807) is 0 Å². The Morgan fingerprint density at radius 2 is 1.92 bits per heavy atom. The quantitative estimate of drug-likeness (QED) is 0.670. The molecular weight excluding hydrogens is 342 g/mol. The highest BCUT2D eigenvalue weighted by atomic mass is 32.2. The standard InChI is InChI=1S/C21H19N3OS/c1-13-9-10-14(2)18(11-13)22-19(25)12-26-21-23-16-7-3-5-15-6-4-8-17(24-21)20(15)16/h3-11H,12H2,1-2H3,(H,22,25)(H,23,24). The molecule has 0 unspecified atom stereocenters. The van der Waals surface area contributed by atoms with E-state index in [1.165, 1.54) is 11.8 Å². The van der Waals surface area contributed by atoms with E-state index in [0.29, 0.717) is 5.75 Å². The molecule has 0 saturated heterocycles. The first-order chi connectivity index (χ1) is 12.6. The molecule has 0 radical (unpaired) electrons. The van der Waals surface area contributed by atoms with Crippen LogP contribution in [0.3, 0.4) is 0 Å². The molecule has 2 N–H and O–H groups in total. The van der Waals surface area contributed by atoms with Crippen LogP contribution < -0.4 is 10.6 Å². The zero-order valence-corrected chi connectivity index (χ0v) is 15.5. The molecule has 5 heteroatoms. The topological polar surface area (TPSA) is 53.5 Å². The minimum absolute atomic E-state index is 0.0368. The van der Waals surface area contributed by atoms with Gasteiger partial charge in [0.25, 0.3) is 0 Å². The summed E-state index contributed by atoms with van der Waals surface area (Å²) in [6.45, 7) is 4.01. The van der Waals surface area contributed by atoms with Gasteiger partial charge in [-0.15, -0.1) is 0 Å². The summed E-state index contributed by atoms with van der Waals surface area (Å²) in [7, 11) is 0. The van der Waals surface area contributed by atoms with E-state index in [2.05, 4.69) is 27.8 Å². The van der Waals surface area contributed by atoms with E-state index in [-0.39, 0.29) is 5.91 Å². The number of aliphatic imine (C=N–C) groups is 1. The molecule has 0 bridgehead atoms. The van der Waals surface area contributed by atoms with Gasteiger partial charge in [-0.2, -0.15) is 0 Å². The number of nitrogens with one attached hydrogen (secondary N) is 2. The molecule has 130 valence electrons. The Balaban J connectivity index is 1.47. The lowest BCUT2D eigenvalue weighted by molar-refractivity contribution is -0.113. The molecule has 0 aliphatic carbocycles. The zero-order chi connectivity index (χ0) is 18.1. The summed E-state index contributed by atoms with van der Waals surface area (Å²) in [6, 6.07) is 18.3. The average molecular weight is 361 g/mol. The van der Waals surface area contributed by atoms with Gasteiger partial charge in [-0.3, -0.25) is 4.79 Å². The number of amides is 1. The SMILES string of the molecule is Cc1ccc(C)c(NC(=O)CSC2=Nc3cccc4cccc(c34)N2)c1. The molecule has 1 aliphatic heterocycles. The molecule has 26 heavy (non-hydrogen) atoms. The van der Waals surface area contributed by atoms with Gasteiger partial charge in [0.1, 0.15) is 0 Å². The predicted octanol–water partition coefficient (Wildman–Crippen LogP) is 5.24. The number of carbonyl (C=O) groups is 1. The van der Waals surface area contributed by atoms with Gasteiger partial charge in [0.05, 0.1) is 17.1 Å². The molecular formula is C21H19N3OS. The molecule has 0 saturated carbocycles. The van der Waals surface area contributed by atoms with Crippen molar-refractivity contribution >= 4 is 50.7 Å². The fourth-order valence-corrected chi connectivity index (χ4v) is 3.72. The Hall–Kier alpha value is -2.79. The summed E-state index contributed by atoms with van der Waals surface area (Å²) in [4.78, 5) is 17.0. The van der Waals surface area contributed by atoms with E-state index in [4.69, 9.17) is 0 Å². The maximum atomic E-state index is 12.3. The smallest absolute Gasteiger partial charge is 0.234 e. The lowest BCUT2D eigenvalue weighted by atomic mass is 10.1. The van der Waals surface area contributed by atoms with Gasteiger partial charge in [0, 0.05) is 11.1 Å². The van der Waals surface area contributed by atoms with Crippen LogP contribution in [0.15, 0.2) is 59.6 Å². The molecule has 4 rings (SSSR count). The summed E-state index contributed by atoms with van der Waals surface area (Å²) in [5.41, 5.74) is 5.02. The van der Waals surface area contributed by atoms with Crippen LogP contribution in [-0.4, -0.2) is 16.8 Å². The molecule has 0 aromatic heterocycles. The van der Waals surface area contributed by atoms with Crippen LogP contribution in [0.5, 0.6) is 0 Å². The minimum atomic E-state index is -0.0368. The van der Waals surface area contributed by atoms with Crippen molar-refractivity contribution in [2.24, 2.45) is 4.99 Å². The first-order valence-electron chi connectivity index (χ1n) is 8.47. The summed E-state index contributed by atoms with van der Waals surface area (Å²) < 4.78 is 0. The molecule has 1 aliphatic rings. The van der Waals surface area contributed by atoms with Crippen molar-refractivity contribution in [2.45, 2.75) is 13.8 Å². The number of benzene rings is 3. The van der Waals surface area contributed by atoms with Gasteiger partial charge < -0.3 is 10.6 Å². The molecule has 3 aromatic carbocycles. The van der Waals surface area contributed by atoms with Crippen LogP contribution in [0, 0.1) is 13.8 Å². The third-order valence-corrected chi connectivity index (χ3v) is 5.23. The number of thioether (sulfide) groups is 1. The second kappa shape index (κ2) is 6.84. The van der Waals surface area contributed by atoms with Crippen molar-refractivity contribution < 1.29 is 4.79 Å². The monoisotopic (exact) mass is 361 g/mol. The predicted molar refractivity (Wildman–Crippen MR) is 112 cm³/mol. The lowest BCUT2D eigenvalue weighted by Crippen LogP contribution is -2.19. The third kappa shape index (κ3) is 3.30. The Bertz CT molecular complexity index is 1040. The Morgan fingerprint density at radius 3 is 2.77 bits per heavy atom. The van der Waals surface area contributed by atoms with E-state index < -0.39 is 0 Å². The highest BCUT2D eigenvalue weighted by molar-refractivity contribution is 8.14. The Labute approximate surface area is 156 Å². The summed E-state index contributed by atoms with van der Waals surface area (Å²) >= 11 is 1.41. The number of rotatable bonds is 3. The second-order valence-electron chi connectivity index (χ2n) is 6.38. The van der Waals surface area contributed by atoms with Gasteiger partial charge in [-0.25, -0.2) is 4.99 Å². The summed E-state index contributed by atoms with van der Waals surface area (Å²) in [5, 5.41) is 9.35. The summed E-state index contributed by atoms with van der Waals surface area (Å²) in [6.07, 6.45) is 0. The van der Waals surface area contributed by atoms with E-state index in [0.717, 1.165) is 44.1 Å². The highest BCUT2D eigenvalue weighted by Gasteiger charge is 2.15. The highest BCUT2D eigenvalue weighted by Crippen LogP contribution is 2.36. The zero-order valence-electron chi connectivity index (χ0n) is 14.7. The van der Waals surface area contributed by atoms with Crippen molar-refractivity contribution in [2.75, 3.05) is 16.4 Å². The van der Waals surface area contributed by atoms with E-state index in [9.17, 15) is 4.79 Å². The Morgan fingerprint density at radius 1 is 1.12 bits per heavy atom. The van der Waals surface area contributed by atoms with Crippen molar-refractivity contribution in [3.05, 3.63) is 65.7 Å². The first-order valence-corrected chi connectivity index (χ1v) is 9.46. The first kappa shape index (κ1) is 16.7. The normalized spacial score (nSPS) is 12.5. The summed E-state index contributed by atoms with van der Waals surface area (Å²) in [5.74, 6) is 0.266. The third-order valence-electron chi connectivity index (χ3n) is 4.35. The van der Waals surface area contributed by atoms with Gasteiger partial charge in [0.2, 0.25) is 5.91 Å². The lowest BCUT2D eigenvalue weighted by Gasteiger charge is -2.18. The van der Waals surface area contributed by atoms with Crippen LogP contribution in [0.25, 0.3) is 10.8 Å². The van der Waals surface area contributed by atoms with Crippen molar-refractivity contribution in [1.82, 2.24) is 0 Å². The van der Waals surface area contributed by atoms with E-state index >= 15 is 0 Å². The molecule has 3 aromatic rings. The fraction of sp³-hybridized carbons (Fsp3) is 0.143. The maximum absolute atomic E-state index is 12.3. The van der Waals surface area contributed by atoms with Crippen molar-refractivity contribution in [1.29, 1.82) is 0 Å². The van der Waals surface area contributed by atoms with E-state index in [1.807, 2.05) is 56.3 Å². The van der Waals surface area contributed by atoms with Gasteiger partial charge in [-0.1, -0.05) is 48.2 Å². The number of amidine groups is 1. The number of hydrogen-bond donors (Lipinski definition) is 2. The van der Waals surface area contributed by atoms with Crippen molar-refractivity contribution in [3.8, 4) is 0 Å². The van der Waals surface area contributed by atoms with Gasteiger partial charge >= 0.3 is 0 Å². The number of hydrogen-bond acceptors (Lipinski definition) is 4. The van der Waals surface area contributed by atoms with Crippen LogP contribution >= 0.6 is 11.8 Å². The van der Waals surface area contributed by atoms with Crippen LogP contribution in [-0.2, 0) is 4.79 Å². The fourth-order valence-electron chi connectivity index (χ4n) is 3.03. The van der Waals surface area contributed by atoms with Crippen molar-refractivity contribution in [3.63, 3.8) is 0 Å². The largest absolute Gasteiger partial charge is 0.334 e. The van der Waals surface area contributed by atoms with Crippen LogP contribution in [0.2, 0.25) is 0 Å². The molecule has 0 atom stereocenters. The van der Waals surface area contributed by atoms with Gasteiger partial charge in [-0.05, 0) is 48.6 Å². The molecule has 4 nitrogen and oxygen atoms in total. The molecule has 0 spiro atoms. The van der Waals surface area contributed by atoms with Gasteiger partial charge in [0.15, 0.2) is 5.17 Å². The Kier molecular flexibility index (Phi) is 4.39. The number of aryl methyl sites for hydroxylation is 2. The minimum Gasteiger partial charge on any atom is -0.334 e. The molecule has 1 amide bonds. The maximum Gasteiger partial charge on any atom is 0.234 e. The molecule has 0 fully saturated rings. The average Bonchev–Trinajstić information content (AvgIpc) is 2.63. The van der Waals surface area contributed by atoms with Crippen LogP contribution in [0.1, 0.15) is 11.1 Å². The van der Waals surface area contributed by atoms with Crippen LogP contribution in [0.4, 0.5) is 17.1 Å². The second-order valence-corrected chi connectivity index (χ2v) is 7.34.